The van der Waals surface area contributed by atoms with Gasteiger partial charge in [0.25, 0.3) is 0 Å². The van der Waals surface area contributed by atoms with Gasteiger partial charge in [-0.25, -0.2) is 0 Å². The molecule has 1 heterocycles. The first-order valence-electron chi connectivity index (χ1n) is 5.10. The molecule has 80 valence electrons. The first-order valence-corrected chi connectivity index (χ1v) is 5.10. The lowest BCUT2D eigenvalue weighted by molar-refractivity contribution is -0.117. The Morgan fingerprint density at radius 1 is 1.43 bits per heavy atom. The molecule has 1 amide bonds. The molecule has 3 atom stereocenters. The molecule has 1 N–H and O–H groups in total. The lowest BCUT2D eigenvalue weighted by Gasteiger charge is -2.14. The van der Waals surface area contributed by atoms with Crippen molar-refractivity contribution in [1.29, 1.82) is 0 Å². The summed E-state index contributed by atoms with van der Waals surface area (Å²) in [5.41, 5.74) is 1.02. The molecule has 0 aliphatic carbocycles. The van der Waals surface area contributed by atoms with Crippen LogP contribution in [-0.2, 0) is 9.53 Å². The van der Waals surface area contributed by atoms with Gasteiger partial charge in [0.1, 0.15) is 0 Å². The Balaban J connectivity index is 2.45. The van der Waals surface area contributed by atoms with Crippen molar-refractivity contribution in [2.75, 3.05) is 0 Å². The minimum atomic E-state index is -0.0143. The maximum Gasteiger partial charge on any atom is 0.244 e. The molecule has 0 aromatic heterocycles. The number of ether oxygens (including phenoxy) is 1. The number of carbonyl (C=O) groups excluding carboxylic acids is 1. The number of nitrogens with one attached hydrogen (secondary N) is 1. The Morgan fingerprint density at radius 3 is 2.50 bits per heavy atom. The number of rotatable bonds is 2. The van der Waals surface area contributed by atoms with Crippen molar-refractivity contribution in [2.45, 2.75) is 52.4 Å². The van der Waals surface area contributed by atoms with Crippen molar-refractivity contribution in [1.82, 2.24) is 5.32 Å². The van der Waals surface area contributed by atoms with Gasteiger partial charge in [0.15, 0.2) is 0 Å². The van der Waals surface area contributed by atoms with E-state index in [0.717, 1.165) is 12.0 Å². The van der Waals surface area contributed by atoms with Gasteiger partial charge in [0.05, 0.1) is 18.2 Å². The van der Waals surface area contributed by atoms with Crippen LogP contribution in [0.15, 0.2) is 11.6 Å². The summed E-state index contributed by atoms with van der Waals surface area (Å²) < 4.78 is 5.54. The number of hydrogen-bond donors (Lipinski definition) is 1. The molecule has 3 unspecified atom stereocenters. The minimum Gasteiger partial charge on any atom is -0.373 e. The van der Waals surface area contributed by atoms with Crippen LogP contribution in [0.3, 0.4) is 0 Å². The van der Waals surface area contributed by atoms with Crippen LogP contribution >= 0.6 is 0 Å². The molecule has 0 radical (unpaired) electrons. The third kappa shape index (κ3) is 3.14. The van der Waals surface area contributed by atoms with Gasteiger partial charge >= 0.3 is 0 Å². The van der Waals surface area contributed by atoms with Crippen LogP contribution in [0.4, 0.5) is 0 Å². The monoisotopic (exact) mass is 197 g/mol. The van der Waals surface area contributed by atoms with Crippen molar-refractivity contribution in [3.63, 3.8) is 0 Å². The van der Waals surface area contributed by atoms with E-state index in [2.05, 4.69) is 5.32 Å². The SMILES string of the molecule is CC(C)=CC(=O)NC1CC(C)OC1C. The normalized spacial score (nSPS) is 31.3. The molecule has 14 heavy (non-hydrogen) atoms. The van der Waals surface area contributed by atoms with Crippen molar-refractivity contribution < 1.29 is 9.53 Å². The second kappa shape index (κ2) is 4.60. The summed E-state index contributed by atoms with van der Waals surface area (Å²) >= 11 is 0. The molecule has 1 aliphatic rings. The van der Waals surface area contributed by atoms with Gasteiger partial charge in [-0.1, -0.05) is 5.57 Å². The zero-order valence-electron chi connectivity index (χ0n) is 9.33. The average molecular weight is 197 g/mol. The first kappa shape index (κ1) is 11.2. The summed E-state index contributed by atoms with van der Waals surface area (Å²) in [4.78, 5) is 11.4. The van der Waals surface area contributed by atoms with Crippen molar-refractivity contribution in [3.8, 4) is 0 Å². The number of carbonyl (C=O) groups is 1. The summed E-state index contributed by atoms with van der Waals surface area (Å²) in [6.07, 6.45) is 2.90. The number of allylic oxidation sites excluding steroid dienone is 1. The Hall–Kier alpha value is -0.830. The molecule has 0 aromatic rings. The van der Waals surface area contributed by atoms with Crippen LogP contribution in [0.1, 0.15) is 34.1 Å². The number of hydrogen-bond acceptors (Lipinski definition) is 2. The smallest absolute Gasteiger partial charge is 0.244 e. The molecule has 1 rings (SSSR count). The van der Waals surface area contributed by atoms with Gasteiger partial charge in [-0.15, -0.1) is 0 Å². The zero-order valence-corrected chi connectivity index (χ0v) is 9.33. The van der Waals surface area contributed by atoms with E-state index in [4.69, 9.17) is 4.74 Å². The average Bonchev–Trinajstić information content (AvgIpc) is 2.28. The van der Waals surface area contributed by atoms with E-state index >= 15 is 0 Å². The van der Waals surface area contributed by atoms with E-state index in [1.54, 1.807) is 6.08 Å². The highest BCUT2D eigenvalue weighted by Crippen LogP contribution is 2.19. The highest BCUT2D eigenvalue weighted by molar-refractivity contribution is 5.88. The van der Waals surface area contributed by atoms with Gasteiger partial charge in [-0.3, -0.25) is 4.79 Å². The van der Waals surface area contributed by atoms with E-state index in [-0.39, 0.29) is 24.2 Å². The van der Waals surface area contributed by atoms with Crippen LogP contribution in [-0.4, -0.2) is 24.2 Å². The fraction of sp³-hybridized carbons (Fsp3) is 0.727. The third-order valence-electron chi connectivity index (χ3n) is 2.35. The maximum atomic E-state index is 11.4. The lowest BCUT2D eigenvalue weighted by atomic mass is 10.1. The van der Waals surface area contributed by atoms with Gasteiger partial charge in [-0.2, -0.15) is 0 Å². The van der Waals surface area contributed by atoms with Crippen molar-refractivity contribution in [3.05, 3.63) is 11.6 Å². The fourth-order valence-corrected chi connectivity index (χ4v) is 1.73. The highest BCUT2D eigenvalue weighted by Gasteiger charge is 2.29. The molecule has 0 aromatic carbocycles. The van der Waals surface area contributed by atoms with Gasteiger partial charge in [-0.05, 0) is 34.1 Å². The molecule has 0 spiro atoms. The molecule has 1 aliphatic heterocycles. The minimum absolute atomic E-state index is 0.0143. The van der Waals surface area contributed by atoms with E-state index < -0.39 is 0 Å². The molecular formula is C11H19NO2. The van der Waals surface area contributed by atoms with Gasteiger partial charge in [0.2, 0.25) is 5.91 Å². The van der Waals surface area contributed by atoms with Crippen LogP contribution in [0, 0.1) is 0 Å². The fourth-order valence-electron chi connectivity index (χ4n) is 1.73. The Kier molecular flexibility index (Phi) is 3.69. The second-order valence-electron chi connectivity index (χ2n) is 4.22. The molecule has 0 bridgehead atoms. The summed E-state index contributed by atoms with van der Waals surface area (Å²) in [7, 11) is 0. The summed E-state index contributed by atoms with van der Waals surface area (Å²) in [5, 5.41) is 2.95. The van der Waals surface area contributed by atoms with Gasteiger partial charge < -0.3 is 10.1 Å². The largest absolute Gasteiger partial charge is 0.373 e. The van der Waals surface area contributed by atoms with Crippen LogP contribution < -0.4 is 5.32 Å². The summed E-state index contributed by atoms with van der Waals surface area (Å²) in [6.45, 7) is 7.86. The molecule has 1 fully saturated rings. The highest BCUT2D eigenvalue weighted by atomic mass is 16.5. The van der Waals surface area contributed by atoms with E-state index in [1.807, 2.05) is 27.7 Å². The quantitative estimate of drug-likeness (QED) is 0.683. The topological polar surface area (TPSA) is 38.3 Å². The van der Waals surface area contributed by atoms with Crippen LogP contribution in [0.5, 0.6) is 0 Å². The first-order chi connectivity index (χ1) is 6.49. The summed E-state index contributed by atoms with van der Waals surface area (Å²) in [5.74, 6) is -0.0143. The van der Waals surface area contributed by atoms with Crippen LogP contribution in [0.25, 0.3) is 0 Å². The maximum absolute atomic E-state index is 11.4. The predicted octanol–water partition coefficient (Wildman–Crippen LogP) is 1.63. The standard InChI is InChI=1S/C11H19NO2/c1-7(2)5-11(13)12-10-6-8(3)14-9(10)4/h5,8-10H,6H2,1-4H3,(H,12,13). The third-order valence-corrected chi connectivity index (χ3v) is 2.35. The Labute approximate surface area is 85.5 Å². The second-order valence-corrected chi connectivity index (χ2v) is 4.22. The Bertz CT molecular complexity index is 244. The molecule has 1 saturated heterocycles. The Morgan fingerprint density at radius 2 is 2.07 bits per heavy atom. The van der Waals surface area contributed by atoms with E-state index in [0.29, 0.717) is 0 Å². The molecule has 3 nitrogen and oxygen atoms in total. The van der Waals surface area contributed by atoms with Crippen molar-refractivity contribution in [2.24, 2.45) is 0 Å². The summed E-state index contributed by atoms with van der Waals surface area (Å²) in [6, 6.07) is 0.160. The lowest BCUT2D eigenvalue weighted by Crippen LogP contribution is -2.38. The van der Waals surface area contributed by atoms with E-state index in [9.17, 15) is 4.79 Å². The molecule has 0 saturated carbocycles. The predicted molar refractivity (Wildman–Crippen MR) is 56.0 cm³/mol. The molecular weight excluding hydrogens is 178 g/mol. The number of amides is 1. The van der Waals surface area contributed by atoms with Gasteiger partial charge in [0, 0.05) is 6.08 Å². The zero-order chi connectivity index (χ0) is 10.7. The van der Waals surface area contributed by atoms with Crippen LogP contribution in [0.2, 0.25) is 0 Å². The molecule has 3 heteroatoms. The van der Waals surface area contributed by atoms with Crippen molar-refractivity contribution >= 4 is 5.91 Å². The van der Waals surface area contributed by atoms with E-state index in [1.165, 1.54) is 0 Å².